The van der Waals surface area contributed by atoms with E-state index in [9.17, 15) is 4.79 Å². The minimum absolute atomic E-state index is 0.144. The number of rotatable bonds is 9. The molecule has 1 aliphatic heterocycles. The van der Waals surface area contributed by atoms with Crippen LogP contribution in [0, 0.1) is 5.92 Å². The number of morpholine rings is 1. The van der Waals surface area contributed by atoms with Crippen LogP contribution in [-0.2, 0) is 11.2 Å². The lowest BCUT2D eigenvalue weighted by Gasteiger charge is -2.29. The molecule has 1 saturated heterocycles. The van der Waals surface area contributed by atoms with Crippen molar-refractivity contribution in [3.8, 4) is 11.4 Å². The molecule has 1 aromatic carbocycles. The summed E-state index contributed by atoms with van der Waals surface area (Å²) < 4.78 is 5.49. The second-order valence-corrected chi connectivity index (χ2v) is 8.83. The van der Waals surface area contributed by atoms with Gasteiger partial charge in [-0.2, -0.15) is 10.1 Å². The van der Waals surface area contributed by atoms with Crippen LogP contribution >= 0.6 is 0 Å². The summed E-state index contributed by atoms with van der Waals surface area (Å²) in [5.41, 5.74) is 2.58. The van der Waals surface area contributed by atoms with Crippen LogP contribution in [0.15, 0.2) is 36.7 Å². The Balaban J connectivity index is 1.35. The molecular formula is C24H30N8O2. The first-order valence-corrected chi connectivity index (χ1v) is 11.8. The number of benzene rings is 1. The van der Waals surface area contributed by atoms with Crippen molar-refractivity contribution in [1.29, 1.82) is 0 Å². The molecule has 1 aliphatic carbocycles. The van der Waals surface area contributed by atoms with E-state index in [2.05, 4.69) is 36.4 Å². The molecule has 0 atom stereocenters. The molecule has 3 heterocycles. The Kier molecular flexibility index (Phi) is 6.66. The van der Waals surface area contributed by atoms with Gasteiger partial charge in [-0.3, -0.25) is 9.89 Å². The molecule has 5 rings (SSSR count). The van der Waals surface area contributed by atoms with Crippen LogP contribution in [0.2, 0.25) is 0 Å². The number of hydrogen-bond acceptors (Lipinski definition) is 8. The predicted octanol–water partition coefficient (Wildman–Crippen LogP) is 1.92. The summed E-state index contributed by atoms with van der Waals surface area (Å²) in [5.74, 6) is 2.51. The molecule has 0 bridgehead atoms. The van der Waals surface area contributed by atoms with Crippen molar-refractivity contribution in [3.05, 3.63) is 47.9 Å². The van der Waals surface area contributed by atoms with E-state index in [0.29, 0.717) is 43.9 Å². The first-order valence-electron chi connectivity index (χ1n) is 11.8. The quantitative estimate of drug-likeness (QED) is 0.496. The molecule has 2 N–H and O–H groups in total. The van der Waals surface area contributed by atoms with Gasteiger partial charge in [0.25, 0.3) is 5.91 Å². The number of ether oxygens (including phenoxy) is 1. The number of nitrogens with zero attached hydrogens (tertiary/aromatic N) is 6. The maximum atomic E-state index is 12.9. The van der Waals surface area contributed by atoms with Crippen LogP contribution in [-0.4, -0.2) is 77.5 Å². The van der Waals surface area contributed by atoms with Crippen molar-refractivity contribution < 1.29 is 9.53 Å². The van der Waals surface area contributed by atoms with Crippen molar-refractivity contribution >= 4 is 17.7 Å². The third-order valence-corrected chi connectivity index (χ3v) is 6.26. The number of aromatic nitrogens is 5. The molecule has 34 heavy (non-hydrogen) atoms. The Morgan fingerprint density at radius 2 is 2.06 bits per heavy atom. The van der Waals surface area contributed by atoms with Crippen LogP contribution in [0.5, 0.6) is 0 Å². The summed E-state index contributed by atoms with van der Waals surface area (Å²) in [6.07, 6.45) is 4.65. The van der Waals surface area contributed by atoms with Gasteiger partial charge >= 0.3 is 0 Å². The van der Waals surface area contributed by atoms with E-state index in [1.54, 1.807) is 6.07 Å². The summed E-state index contributed by atoms with van der Waals surface area (Å²) >= 11 is 0. The van der Waals surface area contributed by atoms with Crippen LogP contribution in [0.3, 0.4) is 0 Å². The van der Waals surface area contributed by atoms with Gasteiger partial charge in [0.05, 0.1) is 13.2 Å². The van der Waals surface area contributed by atoms with Gasteiger partial charge in [-0.15, -0.1) is 0 Å². The summed E-state index contributed by atoms with van der Waals surface area (Å²) in [6.45, 7) is 4.18. The van der Waals surface area contributed by atoms with Gasteiger partial charge in [0.15, 0.2) is 5.82 Å². The highest BCUT2D eigenvalue weighted by Gasteiger charge is 2.24. The van der Waals surface area contributed by atoms with Gasteiger partial charge in [0, 0.05) is 44.9 Å². The number of nitrogens with one attached hydrogen (secondary N) is 2. The number of anilines is 2. The van der Waals surface area contributed by atoms with Gasteiger partial charge in [-0.05, 0) is 30.7 Å². The highest BCUT2D eigenvalue weighted by atomic mass is 16.5. The van der Waals surface area contributed by atoms with Crippen LogP contribution in [0.4, 0.5) is 11.8 Å². The van der Waals surface area contributed by atoms with Gasteiger partial charge in [0.2, 0.25) is 5.95 Å². The van der Waals surface area contributed by atoms with Crippen molar-refractivity contribution in [1.82, 2.24) is 30.5 Å². The zero-order chi connectivity index (χ0) is 23.3. The lowest BCUT2D eigenvalue weighted by molar-refractivity contribution is 0.0946. The van der Waals surface area contributed by atoms with Crippen LogP contribution in [0.25, 0.3) is 11.4 Å². The lowest BCUT2D eigenvalue weighted by Crippen LogP contribution is -2.37. The van der Waals surface area contributed by atoms with Gasteiger partial charge in [0.1, 0.15) is 17.8 Å². The highest BCUT2D eigenvalue weighted by molar-refractivity contribution is 5.93. The van der Waals surface area contributed by atoms with E-state index in [1.165, 1.54) is 19.2 Å². The molecule has 2 aromatic heterocycles. The standard InChI is InChI=1S/C24H30N8O2/c1-31(9-8-18-4-2-3-5-19(18)22-26-16-27-30-22)24-28-20(23(33)25-15-17-6-7-17)14-21(29-24)32-10-12-34-13-11-32/h2-5,14,16-17H,6-13,15H2,1H3,(H,25,33)(H,26,27,30). The number of aromatic amines is 1. The number of carbonyl (C=O) groups is 1. The molecule has 0 radical (unpaired) electrons. The van der Waals surface area contributed by atoms with E-state index in [-0.39, 0.29) is 5.91 Å². The molecular weight excluding hydrogens is 432 g/mol. The molecule has 3 aromatic rings. The molecule has 0 spiro atoms. The predicted molar refractivity (Wildman–Crippen MR) is 129 cm³/mol. The first kappa shape index (κ1) is 22.3. The molecule has 10 heteroatoms. The van der Waals surface area contributed by atoms with Crippen molar-refractivity contribution in [2.75, 3.05) is 56.2 Å². The second kappa shape index (κ2) is 10.2. The van der Waals surface area contributed by atoms with Crippen molar-refractivity contribution in [3.63, 3.8) is 0 Å². The molecule has 1 amide bonds. The Bertz CT molecular complexity index is 1110. The fourth-order valence-electron chi connectivity index (χ4n) is 4.01. The molecule has 0 unspecified atom stereocenters. The average Bonchev–Trinajstić information content (AvgIpc) is 3.56. The Morgan fingerprint density at radius 1 is 1.24 bits per heavy atom. The zero-order valence-corrected chi connectivity index (χ0v) is 19.4. The van der Waals surface area contributed by atoms with Gasteiger partial charge < -0.3 is 19.9 Å². The maximum Gasteiger partial charge on any atom is 0.270 e. The topological polar surface area (TPSA) is 112 Å². The SMILES string of the molecule is CN(CCc1ccccc1-c1ncn[nH]1)c1nc(C(=O)NCC2CC2)cc(N2CCOCC2)n1. The Morgan fingerprint density at radius 3 is 2.82 bits per heavy atom. The highest BCUT2D eigenvalue weighted by Crippen LogP contribution is 2.28. The zero-order valence-electron chi connectivity index (χ0n) is 19.4. The van der Waals surface area contributed by atoms with Crippen LogP contribution in [0.1, 0.15) is 28.9 Å². The summed E-state index contributed by atoms with van der Waals surface area (Å²) in [4.78, 5) is 30.7. The fourth-order valence-corrected chi connectivity index (χ4v) is 4.01. The van der Waals surface area contributed by atoms with E-state index in [4.69, 9.17) is 9.72 Å². The molecule has 2 aliphatic rings. The third kappa shape index (κ3) is 5.33. The number of H-pyrrole nitrogens is 1. The molecule has 1 saturated carbocycles. The summed E-state index contributed by atoms with van der Waals surface area (Å²) in [5, 5.41) is 9.95. The lowest BCUT2D eigenvalue weighted by atomic mass is 10.0. The smallest absolute Gasteiger partial charge is 0.270 e. The Labute approximate surface area is 198 Å². The fraction of sp³-hybridized carbons (Fsp3) is 0.458. The number of carbonyl (C=O) groups excluding carboxylic acids is 1. The Hall–Kier alpha value is -3.53. The monoisotopic (exact) mass is 462 g/mol. The third-order valence-electron chi connectivity index (χ3n) is 6.26. The maximum absolute atomic E-state index is 12.9. The molecule has 178 valence electrons. The van der Waals surface area contributed by atoms with Crippen molar-refractivity contribution in [2.45, 2.75) is 19.3 Å². The summed E-state index contributed by atoms with van der Waals surface area (Å²) in [7, 11) is 1.96. The minimum atomic E-state index is -0.144. The van der Waals surface area contributed by atoms with Crippen LogP contribution < -0.4 is 15.1 Å². The number of likely N-dealkylation sites (N-methyl/N-ethyl adjacent to an activating group) is 1. The molecule has 10 nitrogen and oxygen atoms in total. The molecule has 2 fully saturated rings. The van der Waals surface area contributed by atoms with E-state index >= 15 is 0 Å². The summed E-state index contributed by atoms with van der Waals surface area (Å²) in [6, 6.07) is 9.94. The van der Waals surface area contributed by atoms with Crippen molar-refractivity contribution in [2.24, 2.45) is 5.92 Å². The minimum Gasteiger partial charge on any atom is -0.378 e. The average molecular weight is 463 g/mol. The van der Waals surface area contributed by atoms with E-state index in [0.717, 1.165) is 42.3 Å². The first-order chi connectivity index (χ1) is 16.7. The number of amides is 1. The van der Waals surface area contributed by atoms with Gasteiger partial charge in [-0.1, -0.05) is 24.3 Å². The van der Waals surface area contributed by atoms with Gasteiger partial charge in [-0.25, -0.2) is 9.97 Å². The normalized spacial score (nSPS) is 15.9. The largest absolute Gasteiger partial charge is 0.378 e. The van der Waals surface area contributed by atoms with E-state index < -0.39 is 0 Å². The second-order valence-electron chi connectivity index (χ2n) is 8.83. The number of hydrogen-bond donors (Lipinski definition) is 2. The van der Waals surface area contributed by atoms with E-state index in [1.807, 2.05) is 30.1 Å².